The number of amides is 1. The predicted octanol–water partition coefficient (Wildman–Crippen LogP) is 3.01. The number of aromatic amines is 1. The maximum atomic E-state index is 12.7. The molecular formula is C21H21N3O2. The van der Waals surface area contributed by atoms with Crippen LogP contribution < -0.4 is 4.90 Å². The quantitative estimate of drug-likeness (QED) is 0.585. The molecule has 1 amide bonds. The van der Waals surface area contributed by atoms with Gasteiger partial charge in [0, 0.05) is 49.0 Å². The van der Waals surface area contributed by atoms with E-state index < -0.39 is 11.7 Å². The van der Waals surface area contributed by atoms with Crippen molar-refractivity contribution in [2.24, 2.45) is 0 Å². The van der Waals surface area contributed by atoms with Gasteiger partial charge in [0.05, 0.1) is 5.56 Å². The van der Waals surface area contributed by atoms with E-state index in [1.165, 1.54) is 5.56 Å². The molecule has 1 aromatic heterocycles. The zero-order valence-electron chi connectivity index (χ0n) is 14.7. The fourth-order valence-electron chi connectivity index (χ4n) is 3.44. The fraction of sp³-hybridized carbons (Fsp3) is 0.238. The summed E-state index contributed by atoms with van der Waals surface area (Å²) in [4.78, 5) is 32.3. The fourth-order valence-corrected chi connectivity index (χ4v) is 3.44. The Hall–Kier alpha value is -3.08. The molecule has 1 aliphatic rings. The molecule has 0 unspecified atom stereocenters. The molecule has 5 nitrogen and oxygen atoms in total. The van der Waals surface area contributed by atoms with Gasteiger partial charge in [-0.2, -0.15) is 0 Å². The minimum absolute atomic E-state index is 0.418. The second kappa shape index (κ2) is 6.67. The number of H-pyrrole nitrogens is 1. The first-order valence-corrected chi connectivity index (χ1v) is 8.85. The third-order valence-electron chi connectivity index (χ3n) is 4.99. The smallest absolute Gasteiger partial charge is 0.295 e. The summed E-state index contributed by atoms with van der Waals surface area (Å²) in [7, 11) is 0. The molecule has 0 atom stereocenters. The van der Waals surface area contributed by atoms with E-state index in [0.29, 0.717) is 18.7 Å². The molecule has 0 aliphatic carbocycles. The van der Waals surface area contributed by atoms with Crippen molar-refractivity contribution >= 4 is 28.3 Å². The Morgan fingerprint density at radius 2 is 1.62 bits per heavy atom. The molecule has 2 heterocycles. The van der Waals surface area contributed by atoms with E-state index >= 15 is 0 Å². The maximum absolute atomic E-state index is 12.7. The van der Waals surface area contributed by atoms with Gasteiger partial charge in [0.1, 0.15) is 0 Å². The van der Waals surface area contributed by atoms with Gasteiger partial charge in [0.25, 0.3) is 11.7 Å². The molecule has 4 rings (SSSR count). The van der Waals surface area contributed by atoms with E-state index in [1.807, 2.05) is 24.3 Å². The Morgan fingerprint density at radius 1 is 0.923 bits per heavy atom. The van der Waals surface area contributed by atoms with Crippen molar-refractivity contribution in [3.8, 4) is 0 Å². The number of nitrogens with one attached hydrogen (secondary N) is 1. The van der Waals surface area contributed by atoms with Crippen molar-refractivity contribution in [2.45, 2.75) is 6.92 Å². The van der Waals surface area contributed by atoms with Crippen LogP contribution in [0, 0.1) is 6.92 Å². The first-order valence-electron chi connectivity index (χ1n) is 8.85. The van der Waals surface area contributed by atoms with Crippen LogP contribution in [0.5, 0.6) is 0 Å². The van der Waals surface area contributed by atoms with Crippen LogP contribution in [0.1, 0.15) is 15.9 Å². The molecular weight excluding hydrogens is 326 g/mol. The van der Waals surface area contributed by atoms with Gasteiger partial charge in [0.15, 0.2) is 0 Å². The number of ketones is 1. The zero-order chi connectivity index (χ0) is 18.1. The molecule has 0 bridgehead atoms. The number of para-hydroxylation sites is 1. The first-order chi connectivity index (χ1) is 12.6. The number of benzene rings is 2. The van der Waals surface area contributed by atoms with E-state index in [-0.39, 0.29) is 0 Å². The number of nitrogens with zero attached hydrogens (tertiary/aromatic N) is 2. The van der Waals surface area contributed by atoms with Crippen LogP contribution in [0.15, 0.2) is 54.7 Å². The van der Waals surface area contributed by atoms with Gasteiger partial charge in [-0.25, -0.2) is 0 Å². The Balaban J connectivity index is 1.45. The lowest BCUT2D eigenvalue weighted by Gasteiger charge is -2.35. The number of rotatable bonds is 3. The summed E-state index contributed by atoms with van der Waals surface area (Å²) in [5.41, 5.74) is 3.71. The average Bonchev–Trinajstić information content (AvgIpc) is 3.12. The Kier molecular flexibility index (Phi) is 4.21. The number of piperazine rings is 1. The van der Waals surface area contributed by atoms with Crippen molar-refractivity contribution < 1.29 is 9.59 Å². The summed E-state index contributed by atoms with van der Waals surface area (Å²) in [5.74, 6) is -0.857. The molecule has 0 saturated carbocycles. The third kappa shape index (κ3) is 2.96. The summed E-state index contributed by atoms with van der Waals surface area (Å²) in [5, 5.41) is 0.796. The number of fused-ring (bicyclic) bond motifs is 1. The number of carbonyl (C=O) groups excluding carboxylic acids is 2. The Bertz CT molecular complexity index is 951. The average molecular weight is 347 g/mol. The maximum Gasteiger partial charge on any atom is 0.295 e. The van der Waals surface area contributed by atoms with Crippen molar-refractivity contribution in [3.05, 3.63) is 65.9 Å². The van der Waals surface area contributed by atoms with Gasteiger partial charge in [-0.05, 0) is 25.1 Å². The largest absolute Gasteiger partial charge is 0.368 e. The summed E-state index contributed by atoms with van der Waals surface area (Å²) < 4.78 is 0. The molecule has 0 radical (unpaired) electrons. The molecule has 3 aromatic rings. The number of hydrogen-bond donors (Lipinski definition) is 1. The van der Waals surface area contributed by atoms with E-state index in [0.717, 1.165) is 29.7 Å². The lowest BCUT2D eigenvalue weighted by Crippen LogP contribution is -2.50. The molecule has 1 fully saturated rings. The molecule has 1 aliphatic heterocycles. The minimum atomic E-state index is -0.439. The zero-order valence-corrected chi connectivity index (χ0v) is 14.7. The Labute approximate surface area is 152 Å². The molecule has 2 aromatic carbocycles. The lowest BCUT2D eigenvalue weighted by molar-refractivity contribution is -0.126. The first kappa shape index (κ1) is 16.4. The molecule has 5 heteroatoms. The highest BCUT2D eigenvalue weighted by Crippen LogP contribution is 2.20. The van der Waals surface area contributed by atoms with Gasteiger partial charge in [-0.3, -0.25) is 9.59 Å². The lowest BCUT2D eigenvalue weighted by atomic mass is 10.1. The summed E-state index contributed by atoms with van der Waals surface area (Å²) >= 11 is 0. The predicted molar refractivity (Wildman–Crippen MR) is 103 cm³/mol. The van der Waals surface area contributed by atoms with Gasteiger partial charge < -0.3 is 14.8 Å². The SMILES string of the molecule is Cc1ccc(N2CCN(C(=O)C(=O)c3c[nH]c4ccccc34)CC2)cc1. The van der Waals surface area contributed by atoms with Crippen LogP contribution in [0.2, 0.25) is 0 Å². The third-order valence-corrected chi connectivity index (χ3v) is 4.99. The molecule has 132 valence electrons. The van der Waals surface area contributed by atoms with Gasteiger partial charge in [-0.15, -0.1) is 0 Å². The number of aromatic nitrogens is 1. The number of hydrogen-bond acceptors (Lipinski definition) is 3. The summed E-state index contributed by atoms with van der Waals surface area (Å²) in [6, 6.07) is 15.9. The minimum Gasteiger partial charge on any atom is -0.368 e. The van der Waals surface area contributed by atoms with E-state index in [2.05, 4.69) is 41.1 Å². The van der Waals surface area contributed by atoms with E-state index in [1.54, 1.807) is 11.1 Å². The van der Waals surface area contributed by atoms with E-state index in [9.17, 15) is 9.59 Å². The highest BCUT2D eigenvalue weighted by Gasteiger charge is 2.28. The van der Waals surface area contributed by atoms with Crippen LogP contribution in [-0.2, 0) is 4.79 Å². The molecule has 1 N–H and O–H groups in total. The van der Waals surface area contributed by atoms with Crippen LogP contribution in [0.3, 0.4) is 0 Å². The highest BCUT2D eigenvalue weighted by molar-refractivity contribution is 6.44. The van der Waals surface area contributed by atoms with Crippen LogP contribution in [0.25, 0.3) is 10.9 Å². The second-order valence-electron chi connectivity index (χ2n) is 6.69. The number of aryl methyl sites for hydroxylation is 1. The number of carbonyl (C=O) groups is 2. The normalized spacial score (nSPS) is 14.7. The summed E-state index contributed by atoms with van der Waals surface area (Å²) in [6.07, 6.45) is 1.63. The standard InChI is InChI=1S/C21H21N3O2/c1-15-6-8-16(9-7-15)23-10-12-24(13-11-23)21(26)20(25)18-14-22-19-5-3-2-4-17(18)19/h2-9,14,22H,10-13H2,1H3. The number of anilines is 1. The van der Waals surface area contributed by atoms with E-state index in [4.69, 9.17) is 0 Å². The van der Waals surface area contributed by atoms with Crippen LogP contribution in [0.4, 0.5) is 5.69 Å². The van der Waals surface area contributed by atoms with Gasteiger partial charge >= 0.3 is 0 Å². The van der Waals surface area contributed by atoms with Gasteiger partial charge in [-0.1, -0.05) is 35.9 Å². The topological polar surface area (TPSA) is 56.4 Å². The second-order valence-corrected chi connectivity index (χ2v) is 6.69. The molecule has 0 spiro atoms. The van der Waals surface area contributed by atoms with Crippen molar-refractivity contribution in [1.29, 1.82) is 0 Å². The monoisotopic (exact) mass is 347 g/mol. The van der Waals surface area contributed by atoms with Crippen molar-refractivity contribution in [2.75, 3.05) is 31.1 Å². The van der Waals surface area contributed by atoms with Crippen LogP contribution >= 0.6 is 0 Å². The van der Waals surface area contributed by atoms with Gasteiger partial charge in [0.2, 0.25) is 0 Å². The summed E-state index contributed by atoms with van der Waals surface area (Å²) in [6.45, 7) is 4.64. The highest BCUT2D eigenvalue weighted by atomic mass is 16.2. The molecule has 26 heavy (non-hydrogen) atoms. The number of Topliss-reactive ketones (excluding diaryl/α,β-unsaturated/α-hetero) is 1. The van der Waals surface area contributed by atoms with Crippen molar-refractivity contribution in [3.63, 3.8) is 0 Å². The Morgan fingerprint density at radius 3 is 2.35 bits per heavy atom. The van der Waals surface area contributed by atoms with Crippen LogP contribution in [-0.4, -0.2) is 47.8 Å². The molecule has 1 saturated heterocycles. The van der Waals surface area contributed by atoms with Crippen molar-refractivity contribution in [1.82, 2.24) is 9.88 Å².